The van der Waals surface area contributed by atoms with Gasteiger partial charge in [0.2, 0.25) is 0 Å². The molecule has 0 aliphatic carbocycles. The van der Waals surface area contributed by atoms with E-state index < -0.39 is 7.43 Å². The van der Waals surface area contributed by atoms with Crippen LogP contribution in [0.4, 0.5) is 0 Å². The molecule has 7 heteroatoms. The first-order valence-corrected chi connectivity index (χ1v) is 8.13. The third-order valence-corrected chi connectivity index (χ3v) is 6.23. The Hall–Kier alpha value is 1.77. The molecule has 1 rings (SSSR count). The van der Waals surface area contributed by atoms with Crippen molar-refractivity contribution in [2.24, 2.45) is 4.99 Å². The van der Waals surface area contributed by atoms with Gasteiger partial charge in [0.15, 0.2) is 4.38 Å². The molecule has 0 spiro atoms. The van der Waals surface area contributed by atoms with Gasteiger partial charge in [0.25, 0.3) is 0 Å². The SMILES string of the molecule is CCCOS(=S)(=S)C1=NCCS1.[NaH]. The van der Waals surface area contributed by atoms with Crippen LogP contribution in [-0.2, 0) is 34.0 Å². The van der Waals surface area contributed by atoms with Crippen LogP contribution < -0.4 is 0 Å². The van der Waals surface area contributed by atoms with Crippen LogP contribution in [0.2, 0.25) is 0 Å². The van der Waals surface area contributed by atoms with E-state index in [1.807, 2.05) is 6.92 Å². The summed E-state index contributed by atoms with van der Waals surface area (Å²) in [6.45, 7) is 3.54. The van der Waals surface area contributed by atoms with Crippen LogP contribution in [0.1, 0.15) is 13.3 Å². The van der Waals surface area contributed by atoms with Gasteiger partial charge in [-0.3, -0.25) is 4.99 Å². The molecular formula is C6H12NNaOS4. The molecular weight excluding hydrogens is 253 g/mol. The van der Waals surface area contributed by atoms with Crippen LogP contribution in [0, 0.1) is 0 Å². The summed E-state index contributed by atoms with van der Waals surface area (Å²) >= 11 is 12.0. The molecule has 0 atom stereocenters. The summed E-state index contributed by atoms with van der Waals surface area (Å²) in [6, 6.07) is 0. The van der Waals surface area contributed by atoms with Crippen molar-refractivity contribution >= 4 is 75.5 Å². The van der Waals surface area contributed by atoms with E-state index in [9.17, 15) is 0 Å². The first-order valence-electron chi connectivity index (χ1n) is 3.73. The van der Waals surface area contributed by atoms with E-state index in [0.29, 0.717) is 6.61 Å². The van der Waals surface area contributed by atoms with Gasteiger partial charge in [-0.25, -0.2) is 0 Å². The molecule has 0 aromatic carbocycles. The van der Waals surface area contributed by atoms with Crippen molar-refractivity contribution in [3.05, 3.63) is 0 Å². The van der Waals surface area contributed by atoms with Crippen LogP contribution in [0.3, 0.4) is 0 Å². The predicted molar refractivity (Wildman–Crippen MR) is 70.2 cm³/mol. The molecule has 0 bridgehead atoms. The topological polar surface area (TPSA) is 21.6 Å². The molecule has 1 aliphatic rings. The minimum atomic E-state index is -1.84. The van der Waals surface area contributed by atoms with Crippen molar-refractivity contribution in [2.75, 3.05) is 18.9 Å². The number of hydrogen-bond donors (Lipinski definition) is 0. The summed E-state index contributed by atoms with van der Waals surface area (Å²) in [5, 5.41) is 0. The van der Waals surface area contributed by atoms with Gasteiger partial charge < -0.3 is 4.18 Å². The molecule has 0 aromatic rings. The van der Waals surface area contributed by atoms with Crippen LogP contribution in [0.5, 0.6) is 0 Å². The van der Waals surface area contributed by atoms with E-state index in [-0.39, 0.29) is 29.6 Å². The molecule has 0 saturated carbocycles. The molecule has 1 heterocycles. The van der Waals surface area contributed by atoms with Gasteiger partial charge >= 0.3 is 29.6 Å². The van der Waals surface area contributed by atoms with Gasteiger partial charge in [-0.1, -0.05) is 18.7 Å². The molecule has 0 amide bonds. The standard InChI is InChI=1S/C6H11NOS4.Na.H/c1-2-4-8-12(9,10)6-7-3-5-11-6;;/h2-5H2,1H3;;. The molecule has 13 heavy (non-hydrogen) atoms. The molecule has 1 aliphatic heterocycles. The van der Waals surface area contributed by atoms with Crippen molar-refractivity contribution in [1.82, 2.24) is 0 Å². The van der Waals surface area contributed by atoms with E-state index >= 15 is 0 Å². The second-order valence-corrected chi connectivity index (χ2v) is 8.59. The Balaban J connectivity index is 0.00000144. The Morgan fingerprint density at radius 1 is 1.62 bits per heavy atom. The number of aliphatic imine (C=N–C) groups is 1. The van der Waals surface area contributed by atoms with Crippen molar-refractivity contribution in [2.45, 2.75) is 13.3 Å². The average molecular weight is 265 g/mol. The third kappa shape index (κ3) is 4.88. The van der Waals surface area contributed by atoms with Crippen LogP contribution >= 0.6 is 11.8 Å². The third-order valence-electron chi connectivity index (χ3n) is 1.21. The Bertz CT molecular complexity index is 274. The average Bonchev–Trinajstić information content (AvgIpc) is 2.53. The van der Waals surface area contributed by atoms with Gasteiger partial charge in [0.1, 0.15) is 0 Å². The van der Waals surface area contributed by atoms with Crippen LogP contribution in [0.25, 0.3) is 0 Å². The van der Waals surface area contributed by atoms with E-state index in [1.54, 1.807) is 11.8 Å². The van der Waals surface area contributed by atoms with E-state index in [0.717, 1.165) is 23.1 Å². The number of rotatable bonds is 3. The summed E-state index contributed by atoms with van der Waals surface area (Å²) in [6.07, 6.45) is 0.958. The van der Waals surface area contributed by atoms with Gasteiger partial charge in [-0.05, 0) is 28.8 Å². The fourth-order valence-corrected chi connectivity index (χ4v) is 4.55. The summed E-state index contributed by atoms with van der Waals surface area (Å²) in [4.78, 5) is 4.24. The Morgan fingerprint density at radius 2 is 2.31 bits per heavy atom. The van der Waals surface area contributed by atoms with Crippen molar-refractivity contribution in [1.29, 1.82) is 0 Å². The van der Waals surface area contributed by atoms with Gasteiger partial charge in [-0.2, -0.15) is 0 Å². The van der Waals surface area contributed by atoms with Crippen molar-refractivity contribution in [3.8, 4) is 0 Å². The normalized spacial score (nSPS) is 16.5. The maximum atomic E-state index is 5.42. The maximum absolute atomic E-state index is 5.42. The number of thioether (sulfide) groups is 1. The van der Waals surface area contributed by atoms with Crippen LogP contribution in [0.15, 0.2) is 4.99 Å². The molecule has 0 saturated heterocycles. The van der Waals surface area contributed by atoms with Gasteiger partial charge in [-0.15, -0.1) is 0 Å². The Kier molecular flexibility index (Phi) is 8.08. The van der Waals surface area contributed by atoms with E-state index in [1.165, 1.54) is 0 Å². The molecule has 0 unspecified atom stereocenters. The molecule has 0 N–H and O–H groups in total. The van der Waals surface area contributed by atoms with Crippen molar-refractivity contribution < 1.29 is 4.18 Å². The van der Waals surface area contributed by atoms with E-state index in [4.69, 9.17) is 26.6 Å². The monoisotopic (exact) mass is 265 g/mol. The van der Waals surface area contributed by atoms with Crippen molar-refractivity contribution in [3.63, 3.8) is 0 Å². The zero-order valence-corrected chi connectivity index (χ0v) is 10.1. The fourth-order valence-electron chi connectivity index (χ4n) is 0.710. The molecule has 0 aromatic heterocycles. The van der Waals surface area contributed by atoms with E-state index in [2.05, 4.69) is 4.99 Å². The zero-order chi connectivity index (χ0) is 9.03. The molecule has 72 valence electrons. The predicted octanol–water partition coefficient (Wildman–Crippen LogP) is 0.860. The summed E-state index contributed by atoms with van der Waals surface area (Å²) in [7, 11) is -1.84. The fraction of sp³-hybridized carbons (Fsp3) is 0.833. The summed E-state index contributed by atoms with van der Waals surface area (Å²) in [5.74, 6) is 1.01. The van der Waals surface area contributed by atoms with Crippen LogP contribution in [-0.4, -0.2) is 52.8 Å². The first-order chi connectivity index (χ1) is 5.67. The number of nitrogens with zero attached hydrogens (tertiary/aromatic N) is 1. The minimum absolute atomic E-state index is 0. The molecule has 2 nitrogen and oxygen atoms in total. The Morgan fingerprint density at radius 3 is 2.77 bits per heavy atom. The zero-order valence-electron chi connectivity index (χ0n) is 6.82. The summed E-state index contributed by atoms with van der Waals surface area (Å²) in [5.41, 5.74) is 0. The number of hydrogen-bond acceptors (Lipinski definition) is 5. The Labute approximate surface area is 116 Å². The summed E-state index contributed by atoms with van der Waals surface area (Å²) < 4.78 is 6.30. The second-order valence-electron chi connectivity index (χ2n) is 2.27. The second kappa shape index (κ2) is 7.11. The molecule has 0 radical (unpaired) electrons. The van der Waals surface area contributed by atoms with Gasteiger partial charge in [0, 0.05) is 5.75 Å². The quantitative estimate of drug-likeness (QED) is 0.706. The van der Waals surface area contributed by atoms with Gasteiger partial charge in [0.05, 0.1) is 20.6 Å². The molecule has 0 fully saturated rings. The first kappa shape index (κ1) is 14.8.